The Bertz CT molecular complexity index is 3650. The van der Waals surface area contributed by atoms with Crippen LogP contribution in [0.2, 0.25) is 0 Å². The summed E-state index contributed by atoms with van der Waals surface area (Å²) in [5.74, 6) is 0. The summed E-state index contributed by atoms with van der Waals surface area (Å²) in [6.07, 6.45) is 0. The lowest BCUT2D eigenvalue weighted by molar-refractivity contribution is 0.661. The zero-order valence-corrected chi connectivity index (χ0v) is 36.7. The molecule has 2 heterocycles. The molecule has 1 aliphatic carbocycles. The fraction of sp³-hybridized carbons (Fsp3) is 0.0476. The van der Waals surface area contributed by atoms with Gasteiger partial charge in [0, 0.05) is 33.0 Å². The number of pyridine rings is 1. The molecular formula is C63H43N3. The van der Waals surface area contributed by atoms with Crippen LogP contribution in [0.1, 0.15) is 30.5 Å². The summed E-state index contributed by atoms with van der Waals surface area (Å²) < 4.78 is 2.45. The Balaban J connectivity index is 1.09. The molecule has 11 aromatic rings. The first kappa shape index (κ1) is 39.0. The third kappa shape index (κ3) is 6.54. The topological polar surface area (TPSA) is 41.6 Å². The molecule has 9 aromatic carbocycles. The lowest BCUT2D eigenvalue weighted by Crippen LogP contribution is -2.15. The predicted molar refractivity (Wildman–Crippen MR) is 273 cm³/mol. The Morgan fingerprint density at radius 2 is 0.924 bits per heavy atom. The van der Waals surface area contributed by atoms with Crippen LogP contribution in [0.4, 0.5) is 0 Å². The number of hydrogen-bond acceptors (Lipinski definition) is 2. The van der Waals surface area contributed by atoms with E-state index in [2.05, 4.69) is 231 Å². The van der Waals surface area contributed by atoms with Gasteiger partial charge in [0.25, 0.3) is 0 Å². The zero-order chi connectivity index (χ0) is 44.4. The monoisotopic (exact) mass is 841 g/mol. The van der Waals surface area contributed by atoms with E-state index in [0.717, 1.165) is 83.7 Å². The van der Waals surface area contributed by atoms with Crippen molar-refractivity contribution in [2.75, 3.05) is 0 Å². The minimum absolute atomic E-state index is 0.162. The van der Waals surface area contributed by atoms with Gasteiger partial charge in [0.2, 0.25) is 0 Å². The number of benzene rings is 9. The maximum absolute atomic E-state index is 10.8. The van der Waals surface area contributed by atoms with Gasteiger partial charge in [-0.1, -0.05) is 184 Å². The molecule has 0 atom stereocenters. The van der Waals surface area contributed by atoms with Crippen molar-refractivity contribution < 1.29 is 0 Å². The average molecular weight is 842 g/mol. The van der Waals surface area contributed by atoms with Crippen LogP contribution in [-0.4, -0.2) is 9.55 Å². The highest BCUT2D eigenvalue weighted by Gasteiger charge is 2.36. The molecule has 3 nitrogen and oxygen atoms in total. The molecule has 66 heavy (non-hydrogen) atoms. The molecule has 0 amide bonds. The summed E-state index contributed by atoms with van der Waals surface area (Å²) in [6.45, 7) is 4.70. The van der Waals surface area contributed by atoms with Gasteiger partial charge < -0.3 is 4.57 Å². The number of aromatic nitrogens is 2. The quantitative estimate of drug-likeness (QED) is 0.160. The average Bonchev–Trinajstić information content (AvgIpc) is 3.83. The highest BCUT2D eigenvalue weighted by molar-refractivity contribution is 6.12. The van der Waals surface area contributed by atoms with Gasteiger partial charge >= 0.3 is 0 Å². The molecule has 3 heteroatoms. The summed E-state index contributed by atoms with van der Waals surface area (Å²) in [7, 11) is 0. The van der Waals surface area contributed by atoms with E-state index in [-0.39, 0.29) is 5.41 Å². The molecule has 0 saturated heterocycles. The Morgan fingerprint density at radius 1 is 0.379 bits per heavy atom. The van der Waals surface area contributed by atoms with Crippen LogP contribution in [0.3, 0.4) is 0 Å². The Kier molecular flexibility index (Phi) is 9.22. The standard InChI is InChI=1S/C63H43N3/c1-63(2)57-24-14-12-22-53(57)55-38-56-54-23-13-15-25-61(54)66(62(56)39-58(55)63)51-34-47(46-30-31-52(50(32-46)40-64)43-28-26-42(27-29-43)41-16-6-3-7-17-41)33-48(35-51)49-36-59(44-18-8-4-9-19-44)65-60(37-49)45-20-10-5-11-21-45/h3-39H,1-2H3. The van der Waals surface area contributed by atoms with Crippen LogP contribution in [0.15, 0.2) is 224 Å². The van der Waals surface area contributed by atoms with E-state index in [1.165, 1.54) is 33.0 Å². The summed E-state index contributed by atoms with van der Waals surface area (Å²) in [5.41, 5.74) is 21.4. The maximum atomic E-state index is 10.8. The van der Waals surface area contributed by atoms with Gasteiger partial charge in [-0.15, -0.1) is 0 Å². The third-order valence-corrected chi connectivity index (χ3v) is 13.6. The Labute approximate surface area is 385 Å². The fourth-order valence-electron chi connectivity index (χ4n) is 10.3. The number of fused-ring (bicyclic) bond motifs is 6. The summed E-state index contributed by atoms with van der Waals surface area (Å²) in [5, 5.41) is 13.2. The first-order chi connectivity index (χ1) is 32.4. The van der Waals surface area contributed by atoms with Crippen molar-refractivity contribution in [3.8, 4) is 89.9 Å². The molecule has 0 N–H and O–H groups in total. The minimum atomic E-state index is -0.162. The second-order valence-electron chi connectivity index (χ2n) is 17.9. The second kappa shape index (κ2) is 15.6. The number of hydrogen-bond donors (Lipinski definition) is 0. The lowest BCUT2D eigenvalue weighted by Gasteiger charge is -2.22. The highest BCUT2D eigenvalue weighted by Crippen LogP contribution is 2.51. The van der Waals surface area contributed by atoms with Crippen molar-refractivity contribution in [3.63, 3.8) is 0 Å². The molecule has 12 rings (SSSR count). The second-order valence-corrected chi connectivity index (χ2v) is 17.9. The van der Waals surface area contributed by atoms with Crippen molar-refractivity contribution in [2.45, 2.75) is 19.3 Å². The third-order valence-electron chi connectivity index (χ3n) is 13.6. The first-order valence-corrected chi connectivity index (χ1v) is 22.6. The predicted octanol–water partition coefficient (Wildman–Crippen LogP) is 16.4. The lowest BCUT2D eigenvalue weighted by atomic mass is 9.82. The number of nitriles is 1. The summed E-state index contributed by atoms with van der Waals surface area (Å²) in [4.78, 5) is 5.24. The fourth-order valence-corrected chi connectivity index (χ4v) is 10.3. The van der Waals surface area contributed by atoms with Crippen molar-refractivity contribution >= 4 is 21.8 Å². The SMILES string of the molecule is CC1(C)c2ccccc2-c2cc3c4ccccc4n(-c4cc(-c5cc(-c6ccccc6)nc(-c6ccccc6)c5)cc(-c5ccc(-c6ccc(-c7ccccc7)cc6)c(C#N)c5)c4)c3cc21. The number of rotatable bonds is 7. The van der Waals surface area contributed by atoms with E-state index in [1.807, 2.05) is 18.2 Å². The molecule has 0 radical (unpaired) electrons. The molecule has 0 bridgehead atoms. The van der Waals surface area contributed by atoms with Crippen LogP contribution < -0.4 is 0 Å². The van der Waals surface area contributed by atoms with Crippen LogP contribution in [0.25, 0.3) is 106 Å². The van der Waals surface area contributed by atoms with Gasteiger partial charge in [-0.2, -0.15) is 5.26 Å². The van der Waals surface area contributed by atoms with E-state index in [9.17, 15) is 5.26 Å². The van der Waals surface area contributed by atoms with Gasteiger partial charge in [0.1, 0.15) is 0 Å². The molecule has 0 unspecified atom stereocenters. The van der Waals surface area contributed by atoms with E-state index in [1.54, 1.807) is 0 Å². The van der Waals surface area contributed by atoms with Gasteiger partial charge in [0.05, 0.1) is 34.1 Å². The molecule has 0 aliphatic heterocycles. The van der Waals surface area contributed by atoms with Crippen LogP contribution in [0.5, 0.6) is 0 Å². The smallest absolute Gasteiger partial charge is 0.0998 e. The van der Waals surface area contributed by atoms with E-state index in [0.29, 0.717) is 5.56 Å². The molecule has 0 saturated carbocycles. The maximum Gasteiger partial charge on any atom is 0.0998 e. The molecule has 0 spiro atoms. The van der Waals surface area contributed by atoms with E-state index >= 15 is 0 Å². The summed E-state index contributed by atoms with van der Waals surface area (Å²) in [6, 6.07) is 82.5. The molecule has 0 fully saturated rings. The highest BCUT2D eigenvalue weighted by atomic mass is 15.0. The molecule has 1 aliphatic rings. The van der Waals surface area contributed by atoms with E-state index < -0.39 is 0 Å². The molecule has 310 valence electrons. The molecule has 2 aromatic heterocycles. The molecular weight excluding hydrogens is 799 g/mol. The normalized spacial score (nSPS) is 12.5. The van der Waals surface area contributed by atoms with Crippen LogP contribution in [0, 0.1) is 11.3 Å². The van der Waals surface area contributed by atoms with Crippen LogP contribution in [-0.2, 0) is 5.41 Å². The van der Waals surface area contributed by atoms with E-state index in [4.69, 9.17) is 4.98 Å². The van der Waals surface area contributed by atoms with Crippen molar-refractivity contribution in [2.24, 2.45) is 0 Å². The van der Waals surface area contributed by atoms with Gasteiger partial charge in [-0.25, -0.2) is 4.98 Å². The van der Waals surface area contributed by atoms with Crippen molar-refractivity contribution in [1.29, 1.82) is 5.26 Å². The largest absolute Gasteiger partial charge is 0.309 e. The van der Waals surface area contributed by atoms with Gasteiger partial charge in [-0.05, 0) is 121 Å². The minimum Gasteiger partial charge on any atom is -0.309 e. The Morgan fingerprint density at radius 3 is 1.61 bits per heavy atom. The first-order valence-electron chi connectivity index (χ1n) is 22.6. The summed E-state index contributed by atoms with van der Waals surface area (Å²) >= 11 is 0. The number of nitrogens with zero attached hydrogens (tertiary/aromatic N) is 3. The van der Waals surface area contributed by atoms with Crippen molar-refractivity contribution in [1.82, 2.24) is 9.55 Å². The Hall–Kier alpha value is -8.58. The van der Waals surface area contributed by atoms with Gasteiger partial charge in [-0.3, -0.25) is 0 Å². The number of para-hydroxylation sites is 1. The van der Waals surface area contributed by atoms with Crippen molar-refractivity contribution in [3.05, 3.63) is 241 Å². The van der Waals surface area contributed by atoms with Gasteiger partial charge in [0.15, 0.2) is 0 Å². The zero-order valence-electron chi connectivity index (χ0n) is 36.7. The van der Waals surface area contributed by atoms with Crippen LogP contribution >= 0.6 is 0 Å².